The number of aryl methyl sites for hydroxylation is 2. The van der Waals surface area contributed by atoms with E-state index in [0.717, 1.165) is 32.6 Å². The summed E-state index contributed by atoms with van der Waals surface area (Å²) in [5.74, 6) is 0. The number of hydrogen-bond donors (Lipinski definition) is 1. The van der Waals surface area contributed by atoms with Gasteiger partial charge in [0.1, 0.15) is 0 Å². The summed E-state index contributed by atoms with van der Waals surface area (Å²) in [6.07, 6.45) is 1.82. The largest absolute Gasteiger partial charge is 0.351 e. The van der Waals surface area contributed by atoms with Crippen molar-refractivity contribution in [3.63, 3.8) is 0 Å². The van der Waals surface area contributed by atoms with Crippen LogP contribution in [-0.4, -0.2) is 19.6 Å². The van der Waals surface area contributed by atoms with E-state index in [1.807, 2.05) is 24.4 Å². The van der Waals surface area contributed by atoms with Gasteiger partial charge in [-0.2, -0.15) is 0 Å². The first-order valence-corrected chi connectivity index (χ1v) is 14.8. The van der Waals surface area contributed by atoms with Crippen molar-refractivity contribution in [2.75, 3.05) is 4.90 Å². The minimum Gasteiger partial charge on any atom is -0.351 e. The Hall–Kier alpha value is -4.47. The van der Waals surface area contributed by atoms with Gasteiger partial charge in [0.05, 0.1) is 22.7 Å². The van der Waals surface area contributed by atoms with Gasteiger partial charge in [0.2, 0.25) is 0 Å². The topological polar surface area (TPSA) is 76.2 Å². The van der Waals surface area contributed by atoms with Crippen LogP contribution in [0.4, 0.5) is 11.4 Å². The number of rotatable bonds is 7. The molecule has 3 aromatic carbocycles. The number of nitrogens with zero attached hydrogens (tertiary/aromatic N) is 4. The summed E-state index contributed by atoms with van der Waals surface area (Å²) in [6.45, 7) is 6.46. The summed E-state index contributed by atoms with van der Waals surface area (Å²) in [5.41, 5.74) is 7.87. The van der Waals surface area contributed by atoms with Crippen LogP contribution in [0.5, 0.6) is 0 Å². The van der Waals surface area contributed by atoms with E-state index in [-0.39, 0.29) is 22.7 Å². The van der Waals surface area contributed by atoms with E-state index in [9.17, 15) is 10.1 Å². The molecule has 1 aliphatic rings. The summed E-state index contributed by atoms with van der Waals surface area (Å²) < 4.78 is 2.32. The Bertz CT molecular complexity index is 1770. The van der Waals surface area contributed by atoms with Crippen molar-refractivity contribution in [1.82, 2.24) is 14.9 Å². The molecule has 0 unspecified atom stereocenters. The molecule has 0 aliphatic carbocycles. The molecule has 210 valence electrons. The highest BCUT2D eigenvalue weighted by Crippen LogP contribution is 2.44. The first kappa shape index (κ1) is 27.7. The van der Waals surface area contributed by atoms with Gasteiger partial charge >= 0.3 is 0 Å². The van der Waals surface area contributed by atoms with Crippen molar-refractivity contribution >= 4 is 40.5 Å². The third-order valence-corrected chi connectivity index (χ3v) is 8.97. The summed E-state index contributed by atoms with van der Waals surface area (Å²) >= 11 is 7.52. The summed E-state index contributed by atoms with van der Waals surface area (Å²) in [5, 5.41) is 15.2. The van der Waals surface area contributed by atoms with E-state index < -0.39 is 0 Å². The van der Waals surface area contributed by atoms with Crippen LogP contribution in [0.25, 0.3) is 5.69 Å². The molecular formula is C33H29N5O2S2. The number of nitro groups is 1. The predicted octanol–water partition coefficient (Wildman–Crippen LogP) is 8.03. The number of hydrogen-bond acceptors (Lipinski definition) is 5. The highest BCUT2D eigenvalue weighted by molar-refractivity contribution is 7.99. The molecule has 9 heteroatoms. The Morgan fingerprint density at radius 2 is 1.57 bits per heavy atom. The van der Waals surface area contributed by atoms with Crippen LogP contribution in [0.3, 0.4) is 0 Å². The van der Waals surface area contributed by atoms with E-state index in [1.54, 1.807) is 23.9 Å². The van der Waals surface area contributed by atoms with E-state index in [1.165, 1.54) is 28.9 Å². The summed E-state index contributed by atoms with van der Waals surface area (Å²) in [7, 11) is 0. The molecule has 2 aromatic heterocycles. The van der Waals surface area contributed by atoms with Crippen LogP contribution in [0.15, 0.2) is 113 Å². The second-order valence-electron chi connectivity index (χ2n) is 10.3. The maximum absolute atomic E-state index is 11.0. The molecule has 0 amide bonds. The molecule has 1 N–H and O–H groups in total. The Labute approximate surface area is 254 Å². The lowest BCUT2D eigenvalue weighted by atomic mass is 9.96. The van der Waals surface area contributed by atoms with Gasteiger partial charge in [0.15, 0.2) is 5.11 Å². The fourth-order valence-corrected chi connectivity index (χ4v) is 6.83. The standard InChI is InChI=1S/C33H29N5O2S2/c1-21-8-4-5-10-30(21)36-22(2)20-28(23(36)3)32-31(29-9-6-7-19-34-29)35-33(41)37(32)24-11-15-26(16-12-24)42-27-17-13-25(14-18-27)38(39)40/h4-20,31-32H,1-3H3,(H,35,41)/t31-,32-/m1/s1. The lowest BCUT2D eigenvalue weighted by molar-refractivity contribution is -0.384. The second-order valence-corrected chi connectivity index (χ2v) is 11.8. The van der Waals surface area contributed by atoms with Crippen molar-refractivity contribution in [3.8, 4) is 5.69 Å². The predicted molar refractivity (Wildman–Crippen MR) is 172 cm³/mol. The van der Waals surface area contributed by atoms with Crippen LogP contribution < -0.4 is 10.2 Å². The summed E-state index contributed by atoms with van der Waals surface area (Å²) in [6, 6.07) is 31.3. The van der Waals surface area contributed by atoms with Gasteiger partial charge in [-0.05, 0) is 105 Å². The normalized spacial score (nSPS) is 16.5. The average molecular weight is 592 g/mol. The van der Waals surface area contributed by atoms with Crippen LogP contribution >= 0.6 is 24.0 Å². The highest BCUT2D eigenvalue weighted by atomic mass is 32.2. The zero-order valence-corrected chi connectivity index (χ0v) is 25.0. The molecule has 0 spiro atoms. The number of anilines is 1. The number of nitro benzene ring substituents is 1. The van der Waals surface area contributed by atoms with Crippen molar-refractivity contribution in [1.29, 1.82) is 0 Å². The van der Waals surface area contributed by atoms with Gasteiger partial charge < -0.3 is 14.8 Å². The molecular weight excluding hydrogens is 563 g/mol. The summed E-state index contributed by atoms with van der Waals surface area (Å²) in [4.78, 5) is 19.5. The van der Waals surface area contributed by atoms with Gasteiger partial charge in [0, 0.05) is 50.9 Å². The van der Waals surface area contributed by atoms with Crippen LogP contribution in [0, 0.1) is 30.9 Å². The van der Waals surface area contributed by atoms with E-state index in [0.29, 0.717) is 5.11 Å². The molecule has 0 bridgehead atoms. The number of thiocarbonyl (C=S) groups is 1. The molecule has 7 nitrogen and oxygen atoms in total. The van der Waals surface area contributed by atoms with Gasteiger partial charge in [-0.1, -0.05) is 36.0 Å². The van der Waals surface area contributed by atoms with Crippen molar-refractivity contribution in [3.05, 3.63) is 142 Å². The number of non-ortho nitro benzene ring substituents is 1. The van der Waals surface area contributed by atoms with Gasteiger partial charge in [0.25, 0.3) is 5.69 Å². The molecule has 2 atom stereocenters. The quantitative estimate of drug-likeness (QED) is 0.117. The first-order valence-electron chi connectivity index (χ1n) is 13.6. The molecule has 1 saturated heterocycles. The maximum Gasteiger partial charge on any atom is 0.269 e. The van der Waals surface area contributed by atoms with E-state index >= 15 is 0 Å². The van der Waals surface area contributed by atoms with Crippen LogP contribution in [0.1, 0.15) is 40.3 Å². The number of aromatic nitrogens is 2. The van der Waals surface area contributed by atoms with Gasteiger partial charge in [-0.15, -0.1) is 0 Å². The molecule has 6 rings (SSSR count). The smallest absolute Gasteiger partial charge is 0.269 e. The third kappa shape index (κ3) is 5.17. The van der Waals surface area contributed by atoms with E-state index in [2.05, 4.69) is 90.2 Å². The lowest BCUT2D eigenvalue weighted by Gasteiger charge is -2.28. The number of para-hydroxylation sites is 1. The lowest BCUT2D eigenvalue weighted by Crippen LogP contribution is -2.29. The van der Waals surface area contributed by atoms with Crippen molar-refractivity contribution in [2.45, 2.75) is 42.6 Å². The average Bonchev–Trinajstić information content (AvgIpc) is 3.49. The molecule has 3 heterocycles. The van der Waals surface area contributed by atoms with Gasteiger partial charge in [-0.3, -0.25) is 15.1 Å². The molecule has 42 heavy (non-hydrogen) atoms. The fraction of sp³-hybridized carbons (Fsp3) is 0.152. The third-order valence-electron chi connectivity index (χ3n) is 7.64. The van der Waals surface area contributed by atoms with Crippen molar-refractivity contribution < 1.29 is 4.92 Å². The molecule has 5 aromatic rings. The maximum atomic E-state index is 11.0. The zero-order valence-electron chi connectivity index (χ0n) is 23.4. The fourth-order valence-electron chi connectivity index (χ4n) is 5.67. The second kappa shape index (κ2) is 11.4. The Kier molecular flexibility index (Phi) is 7.53. The Morgan fingerprint density at radius 1 is 0.905 bits per heavy atom. The Balaban J connectivity index is 1.38. The highest BCUT2D eigenvalue weighted by Gasteiger charge is 2.42. The van der Waals surface area contributed by atoms with Crippen molar-refractivity contribution in [2.24, 2.45) is 0 Å². The minimum atomic E-state index is -0.386. The molecule has 1 fully saturated rings. The SMILES string of the molecule is Cc1ccccc1-n1c(C)cc([C@@H]2[C@@H](c3ccccn3)NC(=S)N2c2ccc(Sc3ccc([N+](=O)[O-])cc3)cc2)c1C. The van der Waals surface area contributed by atoms with Gasteiger partial charge in [-0.25, -0.2) is 0 Å². The minimum absolute atomic E-state index is 0.0834. The molecule has 0 radical (unpaired) electrons. The number of benzene rings is 3. The first-order chi connectivity index (χ1) is 20.3. The van der Waals surface area contributed by atoms with E-state index in [4.69, 9.17) is 17.2 Å². The molecule has 1 aliphatic heterocycles. The number of nitrogens with one attached hydrogen (secondary N) is 1. The number of pyridine rings is 1. The Morgan fingerprint density at radius 3 is 2.21 bits per heavy atom. The zero-order chi connectivity index (χ0) is 29.4. The monoisotopic (exact) mass is 591 g/mol. The van der Waals surface area contributed by atoms with Crippen LogP contribution in [0.2, 0.25) is 0 Å². The molecule has 0 saturated carbocycles. The van der Waals surface area contributed by atoms with Crippen LogP contribution in [-0.2, 0) is 0 Å².